The van der Waals surface area contributed by atoms with Crippen molar-refractivity contribution in [2.45, 2.75) is 6.92 Å². The van der Waals surface area contributed by atoms with Gasteiger partial charge in [0, 0.05) is 11.8 Å². The highest BCUT2D eigenvalue weighted by atomic mass is 32.1. The Morgan fingerprint density at radius 1 is 1.18 bits per heavy atom. The zero-order chi connectivity index (χ0) is 15.3. The summed E-state index contributed by atoms with van der Waals surface area (Å²) in [4.78, 5) is 21.5. The van der Waals surface area contributed by atoms with E-state index in [-0.39, 0.29) is 11.3 Å². The van der Waals surface area contributed by atoms with E-state index in [0.717, 1.165) is 16.8 Å². The summed E-state index contributed by atoms with van der Waals surface area (Å²) in [5.74, 6) is -0.00311. The minimum atomic E-state index is -0.105. The Bertz CT molecular complexity index is 1060. The van der Waals surface area contributed by atoms with Crippen LogP contribution in [-0.4, -0.2) is 15.1 Å². The molecule has 0 radical (unpaired) electrons. The van der Waals surface area contributed by atoms with Crippen LogP contribution in [0.4, 0.5) is 0 Å². The Balaban J connectivity index is 2.21. The number of aromatic hydroxyl groups is 1. The molecule has 0 spiro atoms. The van der Waals surface area contributed by atoms with Crippen LogP contribution in [0.15, 0.2) is 47.3 Å². The van der Waals surface area contributed by atoms with E-state index in [9.17, 15) is 9.90 Å². The van der Waals surface area contributed by atoms with Crippen molar-refractivity contribution in [2.24, 2.45) is 0 Å². The number of hydrogen-bond donors (Lipinski definition) is 2. The van der Waals surface area contributed by atoms with Crippen LogP contribution in [-0.2, 0) is 0 Å². The second-order valence-electron chi connectivity index (χ2n) is 5.19. The number of rotatable bonds is 1. The molecule has 0 aliphatic heterocycles. The zero-order valence-corrected chi connectivity index (χ0v) is 12.6. The molecule has 4 nitrogen and oxygen atoms in total. The van der Waals surface area contributed by atoms with Gasteiger partial charge in [0.05, 0.1) is 10.8 Å². The summed E-state index contributed by atoms with van der Waals surface area (Å²) in [6.07, 6.45) is 0. The van der Waals surface area contributed by atoms with Crippen LogP contribution >= 0.6 is 11.3 Å². The molecule has 0 fully saturated rings. The maximum Gasteiger partial charge on any atom is 0.199 e. The minimum Gasteiger partial charge on any atom is -0.495 e. The van der Waals surface area contributed by atoms with Crippen molar-refractivity contribution in [1.82, 2.24) is 9.97 Å². The number of nitrogens with zero attached hydrogens (tertiary/aromatic N) is 1. The molecule has 3 heterocycles. The van der Waals surface area contributed by atoms with E-state index in [4.69, 9.17) is 0 Å². The van der Waals surface area contributed by atoms with Crippen LogP contribution in [0.2, 0.25) is 0 Å². The fourth-order valence-corrected chi connectivity index (χ4v) is 3.79. The molecule has 3 aromatic heterocycles. The van der Waals surface area contributed by atoms with E-state index in [1.807, 2.05) is 43.3 Å². The smallest absolute Gasteiger partial charge is 0.199 e. The molecule has 22 heavy (non-hydrogen) atoms. The van der Waals surface area contributed by atoms with Gasteiger partial charge in [-0.1, -0.05) is 41.7 Å². The fourth-order valence-electron chi connectivity index (χ4n) is 2.69. The van der Waals surface area contributed by atoms with E-state index >= 15 is 0 Å². The monoisotopic (exact) mass is 308 g/mol. The maximum absolute atomic E-state index is 12.8. The lowest BCUT2D eigenvalue weighted by molar-refractivity contribution is 0.458. The lowest BCUT2D eigenvalue weighted by Gasteiger charge is -2.07. The molecule has 0 aliphatic carbocycles. The number of pyridine rings is 1. The molecule has 0 saturated heterocycles. The standard InChI is InChI=1S/C17H12N2O2S/c1-9-7-11(10-5-3-2-4-6-10)14-15(21)12-8-13(20)19-16(12)22-17(14)18-9/h2-8,19-20H,1H3. The molecule has 0 unspecified atom stereocenters. The van der Waals surface area contributed by atoms with Gasteiger partial charge in [0.1, 0.15) is 9.66 Å². The quantitative estimate of drug-likeness (QED) is 0.562. The summed E-state index contributed by atoms with van der Waals surface area (Å²) in [6.45, 7) is 1.92. The highest BCUT2D eigenvalue weighted by Gasteiger charge is 2.15. The first kappa shape index (κ1) is 13.0. The lowest BCUT2D eigenvalue weighted by atomic mass is 10.0. The topological polar surface area (TPSA) is 66.0 Å². The van der Waals surface area contributed by atoms with Gasteiger partial charge < -0.3 is 10.1 Å². The molecule has 2 N–H and O–H groups in total. The molecule has 0 aliphatic rings. The Hall–Kier alpha value is -2.66. The van der Waals surface area contributed by atoms with E-state index < -0.39 is 0 Å². The third-order valence-electron chi connectivity index (χ3n) is 3.64. The van der Waals surface area contributed by atoms with Gasteiger partial charge in [-0.15, -0.1) is 0 Å². The molecular weight excluding hydrogens is 296 g/mol. The van der Waals surface area contributed by atoms with Crippen molar-refractivity contribution >= 4 is 31.8 Å². The first-order valence-corrected chi connectivity index (χ1v) is 7.67. The molecule has 4 rings (SSSR count). The summed E-state index contributed by atoms with van der Waals surface area (Å²) in [7, 11) is 0. The van der Waals surface area contributed by atoms with Crippen LogP contribution in [0.5, 0.6) is 5.88 Å². The van der Waals surface area contributed by atoms with Gasteiger partial charge in [-0.2, -0.15) is 0 Å². The Morgan fingerprint density at radius 3 is 2.73 bits per heavy atom. The maximum atomic E-state index is 12.8. The van der Waals surface area contributed by atoms with E-state index in [0.29, 0.717) is 20.4 Å². The zero-order valence-electron chi connectivity index (χ0n) is 11.8. The van der Waals surface area contributed by atoms with Gasteiger partial charge in [-0.3, -0.25) is 4.79 Å². The van der Waals surface area contributed by atoms with Gasteiger partial charge in [0.25, 0.3) is 0 Å². The Morgan fingerprint density at radius 2 is 1.95 bits per heavy atom. The first-order chi connectivity index (χ1) is 10.6. The van der Waals surface area contributed by atoms with Gasteiger partial charge in [-0.25, -0.2) is 4.98 Å². The van der Waals surface area contributed by atoms with Crippen molar-refractivity contribution in [3.63, 3.8) is 0 Å². The Labute approximate surface area is 129 Å². The third-order valence-corrected chi connectivity index (χ3v) is 4.65. The van der Waals surface area contributed by atoms with Crippen LogP contribution in [0, 0.1) is 6.92 Å². The van der Waals surface area contributed by atoms with Crippen LogP contribution in [0.25, 0.3) is 31.6 Å². The predicted molar refractivity (Wildman–Crippen MR) is 89.6 cm³/mol. The van der Waals surface area contributed by atoms with Crippen molar-refractivity contribution in [3.8, 4) is 17.0 Å². The highest BCUT2D eigenvalue weighted by Crippen LogP contribution is 2.32. The second-order valence-corrected chi connectivity index (χ2v) is 6.19. The molecule has 108 valence electrons. The van der Waals surface area contributed by atoms with Gasteiger partial charge >= 0.3 is 0 Å². The lowest BCUT2D eigenvalue weighted by Crippen LogP contribution is -2.03. The number of fused-ring (bicyclic) bond motifs is 2. The Kier molecular flexibility index (Phi) is 2.77. The van der Waals surface area contributed by atoms with E-state index in [1.165, 1.54) is 17.4 Å². The molecule has 0 atom stereocenters. The van der Waals surface area contributed by atoms with Gasteiger partial charge in [0.2, 0.25) is 0 Å². The normalized spacial score (nSPS) is 11.3. The number of aromatic amines is 1. The summed E-state index contributed by atoms with van der Waals surface area (Å²) in [5, 5.41) is 10.7. The highest BCUT2D eigenvalue weighted by molar-refractivity contribution is 7.23. The summed E-state index contributed by atoms with van der Waals surface area (Å²) in [6, 6.07) is 13.2. The molecular formula is C17H12N2O2S. The van der Waals surface area contributed by atoms with E-state index in [2.05, 4.69) is 9.97 Å². The van der Waals surface area contributed by atoms with Crippen LogP contribution in [0.3, 0.4) is 0 Å². The van der Waals surface area contributed by atoms with Gasteiger partial charge in [0.15, 0.2) is 11.3 Å². The molecule has 1 aromatic carbocycles. The third kappa shape index (κ3) is 1.90. The molecule has 0 saturated carbocycles. The second kappa shape index (κ2) is 4.68. The molecule has 5 heteroatoms. The average Bonchev–Trinajstić information content (AvgIpc) is 2.88. The average molecular weight is 308 g/mol. The number of aromatic nitrogens is 2. The number of aryl methyl sites for hydroxylation is 1. The van der Waals surface area contributed by atoms with Crippen LogP contribution < -0.4 is 5.43 Å². The van der Waals surface area contributed by atoms with Gasteiger partial charge in [-0.05, 0) is 24.1 Å². The predicted octanol–water partition coefficient (Wildman–Crippen LogP) is 3.82. The van der Waals surface area contributed by atoms with Crippen LogP contribution in [0.1, 0.15) is 5.69 Å². The summed E-state index contributed by atoms with van der Waals surface area (Å²) >= 11 is 1.38. The number of nitrogens with one attached hydrogen (secondary N) is 1. The first-order valence-electron chi connectivity index (χ1n) is 6.85. The van der Waals surface area contributed by atoms with E-state index in [1.54, 1.807) is 0 Å². The number of benzene rings is 1. The summed E-state index contributed by atoms with van der Waals surface area (Å²) in [5.41, 5.74) is 2.62. The SMILES string of the molecule is Cc1cc(-c2ccccc2)c2c(=O)c3cc(O)[nH]c3sc2n1. The molecule has 4 aromatic rings. The fraction of sp³-hybridized carbons (Fsp3) is 0.0588. The number of hydrogen-bond acceptors (Lipinski definition) is 4. The molecule has 0 amide bonds. The molecule has 0 bridgehead atoms. The number of H-pyrrole nitrogens is 1. The van der Waals surface area contributed by atoms with Crippen molar-refractivity contribution in [2.75, 3.05) is 0 Å². The largest absolute Gasteiger partial charge is 0.495 e. The van der Waals surface area contributed by atoms with Crippen molar-refractivity contribution in [3.05, 3.63) is 58.4 Å². The minimum absolute atomic E-state index is 0.00311. The van der Waals surface area contributed by atoms with Crippen molar-refractivity contribution in [1.29, 1.82) is 0 Å². The van der Waals surface area contributed by atoms with Crippen molar-refractivity contribution < 1.29 is 5.11 Å². The summed E-state index contributed by atoms with van der Waals surface area (Å²) < 4.78 is 0.